The minimum absolute atomic E-state index is 0.0294. The molecule has 1 saturated heterocycles. The number of carbonyl (C=O) groups is 2. The molecule has 1 aromatic carbocycles. The Kier molecular flexibility index (Phi) is 8.62. The summed E-state index contributed by atoms with van der Waals surface area (Å²) in [4.78, 5) is 28.5. The lowest BCUT2D eigenvalue weighted by Crippen LogP contribution is -2.43. The Hall–Kier alpha value is -1.88. The lowest BCUT2D eigenvalue weighted by molar-refractivity contribution is -0.133. The van der Waals surface area contributed by atoms with Gasteiger partial charge in [0.1, 0.15) is 0 Å². The standard InChI is InChI=1S/C21H33N3O2/c1-3-18(2)21(26)22-17-20(25)24-14-8-13-23(15-16-24)12-7-11-19-9-5-4-6-10-19/h4-6,9-10,18H,3,7-8,11-17H2,1-2H3,(H,22,26)/t18-/m1/s1. The fraction of sp³-hybridized carbons (Fsp3) is 0.619. The molecule has 1 atom stereocenters. The molecule has 1 N–H and O–H groups in total. The number of carbonyl (C=O) groups excluding carboxylic acids is 2. The number of amides is 2. The maximum Gasteiger partial charge on any atom is 0.242 e. The average Bonchev–Trinajstić information content (AvgIpc) is 2.92. The van der Waals surface area contributed by atoms with E-state index in [0.29, 0.717) is 0 Å². The zero-order chi connectivity index (χ0) is 18.8. The van der Waals surface area contributed by atoms with Crippen LogP contribution in [0, 0.1) is 5.92 Å². The van der Waals surface area contributed by atoms with E-state index in [1.807, 2.05) is 18.7 Å². The molecule has 2 rings (SSSR count). The van der Waals surface area contributed by atoms with Gasteiger partial charge in [-0.15, -0.1) is 0 Å². The number of benzene rings is 1. The van der Waals surface area contributed by atoms with Gasteiger partial charge in [0.15, 0.2) is 0 Å². The van der Waals surface area contributed by atoms with Gasteiger partial charge in [0.25, 0.3) is 0 Å². The summed E-state index contributed by atoms with van der Waals surface area (Å²) < 4.78 is 0. The van der Waals surface area contributed by atoms with Crippen LogP contribution < -0.4 is 5.32 Å². The highest BCUT2D eigenvalue weighted by molar-refractivity contribution is 5.85. The summed E-state index contributed by atoms with van der Waals surface area (Å²) >= 11 is 0. The van der Waals surface area contributed by atoms with Gasteiger partial charge in [0.2, 0.25) is 11.8 Å². The minimum atomic E-state index is -0.0351. The second-order valence-electron chi connectivity index (χ2n) is 7.19. The van der Waals surface area contributed by atoms with E-state index >= 15 is 0 Å². The molecule has 2 amide bonds. The van der Waals surface area contributed by atoms with Crippen molar-refractivity contribution in [3.63, 3.8) is 0 Å². The van der Waals surface area contributed by atoms with Crippen LogP contribution in [-0.4, -0.2) is 60.9 Å². The van der Waals surface area contributed by atoms with E-state index in [4.69, 9.17) is 0 Å². The van der Waals surface area contributed by atoms with Crippen molar-refractivity contribution < 1.29 is 9.59 Å². The van der Waals surface area contributed by atoms with Crippen molar-refractivity contribution in [2.24, 2.45) is 5.92 Å². The van der Waals surface area contributed by atoms with Crippen molar-refractivity contribution in [3.05, 3.63) is 35.9 Å². The van der Waals surface area contributed by atoms with E-state index in [0.717, 1.165) is 58.4 Å². The summed E-state index contributed by atoms with van der Waals surface area (Å²) in [7, 11) is 0. The molecule has 0 aliphatic carbocycles. The molecule has 144 valence electrons. The first-order valence-corrected chi connectivity index (χ1v) is 9.92. The second kappa shape index (κ2) is 11.0. The monoisotopic (exact) mass is 359 g/mol. The third-order valence-electron chi connectivity index (χ3n) is 5.20. The molecule has 5 heteroatoms. The summed E-state index contributed by atoms with van der Waals surface area (Å²) in [6, 6.07) is 10.6. The molecule has 0 spiro atoms. The van der Waals surface area contributed by atoms with E-state index < -0.39 is 0 Å². The molecule has 0 aromatic heterocycles. The Morgan fingerprint density at radius 2 is 1.88 bits per heavy atom. The van der Waals surface area contributed by atoms with Crippen molar-refractivity contribution in [2.45, 2.75) is 39.5 Å². The van der Waals surface area contributed by atoms with Crippen molar-refractivity contribution in [1.29, 1.82) is 0 Å². The molecule has 26 heavy (non-hydrogen) atoms. The zero-order valence-corrected chi connectivity index (χ0v) is 16.2. The van der Waals surface area contributed by atoms with Gasteiger partial charge >= 0.3 is 0 Å². The maximum atomic E-state index is 12.4. The number of aryl methyl sites for hydroxylation is 1. The number of hydrogen-bond acceptors (Lipinski definition) is 3. The molecule has 1 aromatic rings. The van der Waals surface area contributed by atoms with Gasteiger partial charge in [-0.2, -0.15) is 0 Å². The highest BCUT2D eigenvalue weighted by Gasteiger charge is 2.20. The maximum absolute atomic E-state index is 12.4. The highest BCUT2D eigenvalue weighted by atomic mass is 16.2. The zero-order valence-electron chi connectivity index (χ0n) is 16.2. The summed E-state index contributed by atoms with van der Waals surface area (Å²) in [5.74, 6) is -0.0296. The van der Waals surface area contributed by atoms with Gasteiger partial charge in [0.05, 0.1) is 6.54 Å². The van der Waals surface area contributed by atoms with Gasteiger partial charge in [0, 0.05) is 25.6 Å². The van der Waals surface area contributed by atoms with Crippen LogP contribution in [0.25, 0.3) is 0 Å². The smallest absolute Gasteiger partial charge is 0.242 e. The molecule has 1 aliphatic heterocycles. The van der Waals surface area contributed by atoms with Gasteiger partial charge < -0.3 is 15.1 Å². The van der Waals surface area contributed by atoms with Crippen molar-refractivity contribution in [2.75, 3.05) is 39.3 Å². The topological polar surface area (TPSA) is 52.7 Å². The van der Waals surface area contributed by atoms with Gasteiger partial charge in [-0.25, -0.2) is 0 Å². The van der Waals surface area contributed by atoms with Crippen molar-refractivity contribution >= 4 is 11.8 Å². The number of nitrogens with one attached hydrogen (secondary N) is 1. The first-order valence-electron chi connectivity index (χ1n) is 9.92. The Balaban J connectivity index is 1.68. The normalized spacial score (nSPS) is 16.8. The molecule has 0 unspecified atom stereocenters. The van der Waals surface area contributed by atoms with Gasteiger partial charge in [-0.1, -0.05) is 44.2 Å². The van der Waals surface area contributed by atoms with Crippen molar-refractivity contribution in [3.8, 4) is 0 Å². The summed E-state index contributed by atoms with van der Waals surface area (Å²) in [5.41, 5.74) is 1.39. The number of rotatable bonds is 8. The predicted molar refractivity (Wildman–Crippen MR) is 105 cm³/mol. The Labute approximate surface area is 157 Å². The van der Waals surface area contributed by atoms with Crippen LogP contribution in [0.2, 0.25) is 0 Å². The first kappa shape index (κ1) is 20.4. The van der Waals surface area contributed by atoms with E-state index in [2.05, 4.69) is 40.5 Å². The Bertz CT molecular complexity index is 562. The molecule has 0 bridgehead atoms. The fourth-order valence-electron chi connectivity index (χ4n) is 3.23. The Morgan fingerprint density at radius 3 is 2.62 bits per heavy atom. The average molecular weight is 360 g/mol. The molecule has 1 fully saturated rings. The van der Waals surface area contributed by atoms with Crippen LogP contribution in [0.15, 0.2) is 30.3 Å². The molecular formula is C21H33N3O2. The summed E-state index contributed by atoms with van der Waals surface area (Å²) in [5, 5.41) is 2.77. The van der Waals surface area contributed by atoms with E-state index in [9.17, 15) is 9.59 Å². The van der Waals surface area contributed by atoms with Crippen LogP contribution >= 0.6 is 0 Å². The lowest BCUT2D eigenvalue weighted by Gasteiger charge is -2.22. The third-order valence-corrected chi connectivity index (χ3v) is 5.20. The minimum Gasteiger partial charge on any atom is -0.347 e. The first-order chi connectivity index (χ1) is 12.6. The van der Waals surface area contributed by atoms with Crippen molar-refractivity contribution in [1.82, 2.24) is 15.1 Å². The molecule has 0 radical (unpaired) electrons. The highest BCUT2D eigenvalue weighted by Crippen LogP contribution is 2.07. The second-order valence-corrected chi connectivity index (χ2v) is 7.19. The van der Waals surface area contributed by atoms with E-state index in [1.54, 1.807) is 0 Å². The lowest BCUT2D eigenvalue weighted by atomic mass is 10.1. The molecular weight excluding hydrogens is 326 g/mol. The Morgan fingerprint density at radius 1 is 1.12 bits per heavy atom. The van der Waals surface area contributed by atoms with E-state index in [-0.39, 0.29) is 24.3 Å². The number of nitrogens with zero attached hydrogens (tertiary/aromatic N) is 2. The largest absolute Gasteiger partial charge is 0.347 e. The molecule has 1 aliphatic rings. The van der Waals surface area contributed by atoms with E-state index in [1.165, 1.54) is 5.56 Å². The number of hydrogen-bond donors (Lipinski definition) is 1. The summed E-state index contributed by atoms with van der Waals surface area (Å²) in [6.45, 7) is 8.55. The van der Waals surface area contributed by atoms with Crippen LogP contribution in [-0.2, 0) is 16.0 Å². The molecule has 5 nitrogen and oxygen atoms in total. The van der Waals surface area contributed by atoms with Gasteiger partial charge in [-0.3, -0.25) is 9.59 Å². The van der Waals surface area contributed by atoms with Gasteiger partial charge in [-0.05, 0) is 44.3 Å². The van der Waals surface area contributed by atoms with Crippen LogP contribution in [0.3, 0.4) is 0 Å². The molecule has 0 saturated carbocycles. The quantitative estimate of drug-likeness (QED) is 0.775. The van der Waals surface area contributed by atoms with Crippen LogP contribution in [0.4, 0.5) is 0 Å². The predicted octanol–water partition coefficient (Wildman–Crippen LogP) is 2.32. The van der Waals surface area contributed by atoms with Crippen LogP contribution in [0.5, 0.6) is 0 Å². The SMILES string of the molecule is CC[C@@H](C)C(=O)NCC(=O)N1CCCN(CCCc2ccccc2)CC1. The summed E-state index contributed by atoms with van der Waals surface area (Å²) in [6.07, 6.45) is 4.03. The van der Waals surface area contributed by atoms with Crippen LogP contribution in [0.1, 0.15) is 38.7 Å². The third kappa shape index (κ3) is 6.79. The molecule has 1 heterocycles. The fourth-order valence-corrected chi connectivity index (χ4v) is 3.23.